The van der Waals surface area contributed by atoms with Crippen molar-refractivity contribution in [2.75, 3.05) is 19.5 Å². The Balaban J connectivity index is 1.68. The third-order valence-corrected chi connectivity index (χ3v) is 5.80. The highest BCUT2D eigenvalue weighted by Gasteiger charge is 2.19. The predicted molar refractivity (Wildman–Crippen MR) is 126 cm³/mol. The monoisotopic (exact) mass is 486 g/mol. The maximum atomic E-state index is 11.7. The van der Waals surface area contributed by atoms with Crippen LogP contribution < -0.4 is 14.8 Å². The molecule has 0 aliphatic carbocycles. The first-order chi connectivity index (χ1) is 15.9. The van der Waals surface area contributed by atoms with Gasteiger partial charge in [-0.1, -0.05) is 47.5 Å². The topological polar surface area (TPSA) is 104 Å². The van der Waals surface area contributed by atoms with Crippen molar-refractivity contribution >= 4 is 46.0 Å². The normalized spacial score (nSPS) is 10.9. The van der Waals surface area contributed by atoms with Crippen molar-refractivity contribution in [1.29, 1.82) is 0 Å². The highest BCUT2D eigenvalue weighted by atomic mass is 35.5. The summed E-state index contributed by atoms with van der Waals surface area (Å²) in [5.74, 6) is 1.26. The molecule has 1 amide bonds. The van der Waals surface area contributed by atoms with Gasteiger partial charge >= 0.3 is 0 Å². The van der Waals surface area contributed by atoms with Gasteiger partial charge in [-0.25, -0.2) is 14.6 Å². The van der Waals surface area contributed by atoms with Crippen LogP contribution in [0.1, 0.15) is 18.9 Å². The minimum Gasteiger partial charge on any atom is -0.495 e. The van der Waals surface area contributed by atoms with Crippen molar-refractivity contribution in [3.8, 4) is 22.9 Å². The number of nitrogens with one attached hydrogen (secondary N) is 1. The van der Waals surface area contributed by atoms with Crippen molar-refractivity contribution in [1.82, 2.24) is 25.0 Å². The molecule has 2 aromatic heterocycles. The zero-order valence-corrected chi connectivity index (χ0v) is 19.6. The van der Waals surface area contributed by atoms with Crippen LogP contribution in [0, 0.1) is 0 Å². The molecule has 2 heterocycles. The highest BCUT2D eigenvalue weighted by molar-refractivity contribution is 6.37. The molecule has 0 saturated heterocycles. The van der Waals surface area contributed by atoms with E-state index in [-0.39, 0.29) is 12.5 Å². The molecule has 33 heavy (non-hydrogen) atoms. The fourth-order valence-corrected chi connectivity index (χ4v) is 3.85. The fourth-order valence-electron chi connectivity index (χ4n) is 3.23. The number of rotatable bonds is 7. The SMILES string of the molecule is CCC(=O)Nc1cccc(-c2ncc3c(nnn3Cc3c(Cl)c(OC)cc(OC)c3Cl)n2)c1. The molecule has 0 spiro atoms. The van der Waals surface area contributed by atoms with Crippen LogP contribution in [0.15, 0.2) is 36.5 Å². The maximum Gasteiger partial charge on any atom is 0.224 e. The van der Waals surface area contributed by atoms with Crippen LogP contribution in [-0.4, -0.2) is 45.1 Å². The van der Waals surface area contributed by atoms with E-state index in [1.54, 1.807) is 29.9 Å². The summed E-state index contributed by atoms with van der Waals surface area (Å²) in [6, 6.07) is 8.92. The van der Waals surface area contributed by atoms with Crippen LogP contribution in [0.3, 0.4) is 0 Å². The Hall–Kier alpha value is -3.43. The Morgan fingerprint density at radius 2 is 1.85 bits per heavy atom. The first-order valence-corrected chi connectivity index (χ1v) is 10.8. The lowest BCUT2D eigenvalue weighted by molar-refractivity contribution is -0.115. The smallest absolute Gasteiger partial charge is 0.224 e. The molecule has 0 radical (unpaired) electrons. The van der Waals surface area contributed by atoms with Crippen molar-refractivity contribution in [2.45, 2.75) is 19.9 Å². The Bertz CT molecular complexity index is 1310. The number of hydrogen-bond donors (Lipinski definition) is 1. The summed E-state index contributed by atoms with van der Waals surface area (Å²) in [6.45, 7) is 2.00. The van der Waals surface area contributed by atoms with E-state index in [0.717, 1.165) is 5.56 Å². The largest absolute Gasteiger partial charge is 0.495 e. The first-order valence-electron chi connectivity index (χ1n) is 10.0. The van der Waals surface area contributed by atoms with E-state index in [9.17, 15) is 4.79 Å². The zero-order chi connectivity index (χ0) is 23.5. The van der Waals surface area contributed by atoms with E-state index >= 15 is 0 Å². The second-order valence-electron chi connectivity index (χ2n) is 7.02. The van der Waals surface area contributed by atoms with Gasteiger partial charge in [0.1, 0.15) is 17.0 Å². The van der Waals surface area contributed by atoms with E-state index in [2.05, 4.69) is 25.6 Å². The van der Waals surface area contributed by atoms with Gasteiger partial charge < -0.3 is 14.8 Å². The summed E-state index contributed by atoms with van der Waals surface area (Å²) in [5, 5.41) is 11.9. The van der Waals surface area contributed by atoms with Crippen molar-refractivity contribution in [3.05, 3.63) is 52.1 Å². The Morgan fingerprint density at radius 1 is 1.12 bits per heavy atom. The number of carbonyl (C=O) groups excluding carboxylic acids is 1. The minimum absolute atomic E-state index is 0.0713. The summed E-state index contributed by atoms with van der Waals surface area (Å²) in [6.07, 6.45) is 2.02. The molecular weight excluding hydrogens is 467 g/mol. The van der Waals surface area contributed by atoms with E-state index in [1.807, 2.05) is 18.2 Å². The quantitative estimate of drug-likeness (QED) is 0.406. The number of amides is 1. The lowest BCUT2D eigenvalue weighted by Crippen LogP contribution is -2.09. The van der Waals surface area contributed by atoms with Gasteiger partial charge in [0.2, 0.25) is 11.6 Å². The standard InChI is InChI=1S/C22H20Cl2N6O3/c1-4-18(31)26-13-7-5-6-12(8-13)21-25-10-15-22(27-21)28-29-30(15)11-14-19(23)16(32-2)9-17(33-3)20(14)24/h5-10H,4,11H2,1-3H3,(H,26,31). The fraction of sp³-hybridized carbons (Fsp3) is 0.227. The molecule has 0 saturated carbocycles. The lowest BCUT2D eigenvalue weighted by atomic mass is 10.2. The van der Waals surface area contributed by atoms with Crippen LogP contribution in [0.25, 0.3) is 22.6 Å². The number of nitrogens with zero attached hydrogens (tertiary/aromatic N) is 5. The summed E-state index contributed by atoms with van der Waals surface area (Å²) in [5.41, 5.74) is 2.99. The number of hydrogen-bond acceptors (Lipinski definition) is 7. The number of carbonyl (C=O) groups is 1. The molecule has 0 bridgehead atoms. The average Bonchev–Trinajstić information content (AvgIpc) is 3.24. The summed E-state index contributed by atoms with van der Waals surface area (Å²) in [7, 11) is 3.03. The van der Waals surface area contributed by atoms with Crippen molar-refractivity contribution in [3.63, 3.8) is 0 Å². The van der Waals surface area contributed by atoms with Gasteiger partial charge in [-0.05, 0) is 12.1 Å². The number of halogens is 2. The van der Waals surface area contributed by atoms with Crippen LogP contribution in [-0.2, 0) is 11.3 Å². The van der Waals surface area contributed by atoms with Crippen LogP contribution in [0.5, 0.6) is 11.5 Å². The highest BCUT2D eigenvalue weighted by Crippen LogP contribution is 2.40. The van der Waals surface area contributed by atoms with Crippen LogP contribution >= 0.6 is 23.2 Å². The van der Waals surface area contributed by atoms with E-state index < -0.39 is 0 Å². The van der Waals surface area contributed by atoms with Gasteiger partial charge in [0.05, 0.1) is 37.0 Å². The number of aromatic nitrogens is 5. The summed E-state index contributed by atoms with van der Waals surface area (Å²) >= 11 is 13.0. The van der Waals surface area contributed by atoms with Gasteiger partial charge in [0.15, 0.2) is 5.82 Å². The first kappa shape index (κ1) is 22.8. The molecule has 0 atom stereocenters. The molecule has 9 nitrogen and oxygen atoms in total. The molecule has 2 aromatic carbocycles. The number of benzene rings is 2. The Morgan fingerprint density at radius 3 is 2.52 bits per heavy atom. The van der Waals surface area contributed by atoms with Gasteiger partial charge in [-0.2, -0.15) is 0 Å². The molecule has 0 unspecified atom stereocenters. The second-order valence-corrected chi connectivity index (χ2v) is 7.78. The molecular formula is C22H20Cl2N6O3. The Kier molecular flexibility index (Phi) is 6.62. The van der Waals surface area contributed by atoms with Crippen molar-refractivity contribution < 1.29 is 14.3 Å². The summed E-state index contributed by atoms with van der Waals surface area (Å²) in [4.78, 5) is 20.7. The minimum atomic E-state index is -0.0713. The van der Waals surface area contributed by atoms with E-state index in [0.29, 0.717) is 56.2 Å². The maximum absolute atomic E-state index is 11.7. The van der Waals surface area contributed by atoms with Gasteiger partial charge in [0, 0.05) is 29.3 Å². The number of anilines is 1. The third kappa shape index (κ3) is 4.55. The Labute approximate surface area is 199 Å². The third-order valence-electron chi connectivity index (χ3n) is 4.97. The molecule has 1 N–H and O–H groups in total. The molecule has 170 valence electrons. The molecule has 11 heteroatoms. The van der Waals surface area contributed by atoms with Gasteiger partial charge in [-0.15, -0.1) is 5.10 Å². The van der Waals surface area contributed by atoms with E-state index in [4.69, 9.17) is 32.7 Å². The van der Waals surface area contributed by atoms with Crippen molar-refractivity contribution in [2.24, 2.45) is 0 Å². The van der Waals surface area contributed by atoms with Crippen LogP contribution in [0.4, 0.5) is 5.69 Å². The predicted octanol–water partition coefficient (Wildman–Crippen LogP) is 4.61. The molecule has 0 fully saturated rings. The van der Waals surface area contributed by atoms with Gasteiger partial charge in [0.25, 0.3) is 0 Å². The number of methoxy groups -OCH3 is 2. The summed E-state index contributed by atoms with van der Waals surface area (Å²) < 4.78 is 12.3. The lowest BCUT2D eigenvalue weighted by Gasteiger charge is -2.14. The molecule has 4 aromatic rings. The number of ether oxygens (including phenoxy) is 2. The van der Waals surface area contributed by atoms with Crippen LogP contribution in [0.2, 0.25) is 10.0 Å². The molecule has 0 aliphatic heterocycles. The number of fused-ring (bicyclic) bond motifs is 1. The zero-order valence-electron chi connectivity index (χ0n) is 18.1. The second kappa shape index (κ2) is 9.60. The molecule has 0 aliphatic rings. The van der Waals surface area contributed by atoms with Gasteiger partial charge in [-0.3, -0.25) is 4.79 Å². The average molecular weight is 487 g/mol. The molecule has 4 rings (SSSR count). The van der Waals surface area contributed by atoms with E-state index in [1.165, 1.54) is 14.2 Å².